The SMILES string of the molecule is C=CCCCCCC(=O)CCCCCCl. The molecule has 0 heterocycles. The van der Waals surface area contributed by atoms with Gasteiger partial charge in [0.2, 0.25) is 0 Å². The van der Waals surface area contributed by atoms with Gasteiger partial charge in [0, 0.05) is 18.7 Å². The Hall–Kier alpha value is -0.300. The van der Waals surface area contributed by atoms with E-state index in [1.807, 2.05) is 6.08 Å². The number of Topliss-reactive ketones (excluding diaryl/α,β-unsaturated/α-hetero) is 1. The van der Waals surface area contributed by atoms with E-state index in [4.69, 9.17) is 11.6 Å². The first-order chi connectivity index (χ1) is 7.31. The van der Waals surface area contributed by atoms with Crippen molar-refractivity contribution in [1.29, 1.82) is 0 Å². The zero-order chi connectivity index (χ0) is 11.4. The summed E-state index contributed by atoms with van der Waals surface area (Å²) < 4.78 is 0. The Labute approximate surface area is 98.9 Å². The summed E-state index contributed by atoms with van der Waals surface area (Å²) in [6.07, 6.45) is 11.0. The zero-order valence-electron chi connectivity index (χ0n) is 9.64. The van der Waals surface area contributed by atoms with Crippen molar-refractivity contribution in [3.63, 3.8) is 0 Å². The normalized spacial score (nSPS) is 10.2. The molecule has 0 bridgehead atoms. The van der Waals surface area contributed by atoms with Crippen molar-refractivity contribution < 1.29 is 4.79 Å². The molecule has 0 rings (SSSR count). The predicted octanol–water partition coefficient (Wildman–Crippen LogP) is 4.49. The number of hydrogen-bond donors (Lipinski definition) is 0. The molecule has 0 N–H and O–H groups in total. The maximum absolute atomic E-state index is 11.4. The Morgan fingerprint density at radius 3 is 2.13 bits per heavy atom. The van der Waals surface area contributed by atoms with E-state index in [2.05, 4.69) is 6.58 Å². The number of rotatable bonds is 11. The number of halogens is 1. The molecule has 0 aliphatic heterocycles. The first-order valence-electron chi connectivity index (χ1n) is 5.99. The second-order valence-corrected chi connectivity index (χ2v) is 4.30. The minimum atomic E-state index is 0.420. The Bertz CT molecular complexity index is 166. The minimum absolute atomic E-state index is 0.420. The third-order valence-corrected chi connectivity index (χ3v) is 2.72. The van der Waals surface area contributed by atoms with E-state index in [1.54, 1.807) is 0 Å². The molecule has 0 unspecified atom stereocenters. The fraction of sp³-hybridized carbons (Fsp3) is 0.769. The number of hydrogen-bond acceptors (Lipinski definition) is 1. The largest absolute Gasteiger partial charge is 0.300 e. The van der Waals surface area contributed by atoms with Crippen LogP contribution in [-0.2, 0) is 4.79 Å². The highest BCUT2D eigenvalue weighted by Crippen LogP contribution is 2.08. The molecule has 88 valence electrons. The van der Waals surface area contributed by atoms with Crippen molar-refractivity contribution in [2.75, 3.05) is 5.88 Å². The van der Waals surface area contributed by atoms with Crippen LogP contribution in [-0.4, -0.2) is 11.7 Å². The summed E-state index contributed by atoms with van der Waals surface area (Å²) in [4.78, 5) is 11.4. The monoisotopic (exact) mass is 230 g/mol. The molecule has 0 saturated heterocycles. The summed E-state index contributed by atoms with van der Waals surface area (Å²) >= 11 is 5.56. The summed E-state index contributed by atoms with van der Waals surface area (Å²) in [5.74, 6) is 1.14. The third kappa shape index (κ3) is 11.6. The van der Waals surface area contributed by atoms with Gasteiger partial charge in [-0.3, -0.25) is 4.79 Å². The Morgan fingerprint density at radius 1 is 1.00 bits per heavy atom. The molecule has 0 aromatic rings. The van der Waals surface area contributed by atoms with Crippen molar-refractivity contribution in [2.24, 2.45) is 0 Å². The Kier molecular flexibility index (Phi) is 11.5. The maximum Gasteiger partial charge on any atom is 0.132 e. The minimum Gasteiger partial charge on any atom is -0.300 e. The van der Waals surface area contributed by atoms with Crippen LogP contribution in [0.15, 0.2) is 12.7 Å². The Morgan fingerprint density at radius 2 is 1.60 bits per heavy atom. The maximum atomic E-state index is 11.4. The standard InChI is InChI=1S/C13H23ClO/c1-2-3-4-5-7-10-13(15)11-8-6-9-12-14/h2H,1,3-12H2. The quantitative estimate of drug-likeness (QED) is 0.290. The fourth-order valence-corrected chi connectivity index (χ4v) is 1.70. The second-order valence-electron chi connectivity index (χ2n) is 3.93. The van der Waals surface area contributed by atoms with Crippen LogP contribution >= 0.6 is 11.6 Å². The molecule has 0 aliphatic carbocycles. The van der Waals surface area contributed by atoms with Crippen LogP contribution in [0, 0.1) is 0 Å². The third-order valence-electron chi connectivity index (χ3n) is 2.45. The number of alkyl halides is 1. The molecule has 15 heavy (non-hydrogen) atoms. The van der Waals surface area contributed by atoms with Gasteiger partial charge < -0.3 is 0 Å². The van der Waals surface area contributed by atoms with E-state index in [1.165, 1.54) is 6.42 Å². The van der Waals surface area contributed by atoms with Gasteiger partial charge in [0.15, 0.2) is 0 Å². The lowest BCUT2D eigenvalue weighted by atomic mass is 10.1. The van der Waals surface area contributed by atoms with Crippen molar-refractivity contribution in [2.45, 2.75) is 57.8 Å². The zero-order valence-corrected chi connectivity index (χ0v) is 10.4. The summed E-state index contributed by atoms with van der Waals surface area (Å²) in [5, 5.41) is 0. The lowest BCUT2D eigenvalue weighted by molar-refractivity contribution is -0.119. The average molecular weight is 231 g/mol. The van der Waals surface area contributed by atoms with Gasteiger partial charge in [-0.25, -0.2) is 0 Å². The van der Waals surface area contributed by atoms with Gasteiger partial charge in [-0.1, -0.05) is 18.9 Å². The molecule has 0 radical (unpaired) electrons. The van der Waals surface area contributed by atoms with E-state index in [0.29, 0.717) is 5.78 Å². The first-order valence-corrected chi connectivity index (χ1v) is 6.53. The van der Waals surface area contributed by atoms with Crippen LogP contribution in [0.2, 0.25) is 0 Å². The fourth-order valence-electron chi connectivity index (χ4n) is 1.51. The summed E-state index contributed by atoms with van der Waals surface area (Å²) in [7, 11) is 0. The van der Waals surface area contributed by atoms with Crippen molar-refractivity contribution in [3.8, 4) is 0 Å². The highest BCUT2D eigenvalue weighted by molar-refractivity contribution is 6.17. The van der Waals surface area contributed by atoms with Crippen molar-refractivity contribution >= 4 is 17.4 Å². The van der Waals surface area contributed by atoms with Crippen molar-refractivity contribution in [1.82, 2.24) is 0 Å². The van der Waals surface area contributed by atoms with Gasteiger partial charge in [-0.2, -0.15) is 0 Å². The molecular weight excluding hydrogens is 208 g/mol. The molecule has 2 heteroatoms. The molecule has 0 aromatic carbocycles. The summed E-state index contributed by atoms with van der Waals surface area (Å²) in [6.45, 7) is 3.67. The van der Waals surface area contributed by atoms with Crippen LogP contribution in [0.25, 0.3) is 0 Å². The van der Waals surface area contributed by atoms with E-state index in [9.17, 15) is 4.79 Å². The van der Waals surface area contributed by atoms with Crippen LogP contribution in [0.1, 0.15) is 57.8 Å². The molecule has 0 aliphatic rings. The smallest absolute Gasteiger partial charge is 0.132 e. The highest BCUT2D eigenvalue weighted by Gasteiger charge is 2.01. The van der Waals surface area contributed by atoms with Crippen LogP contribution < -0.4 is 0 Å². The average Bonchev–Trinajstić information content (AvgIpc) is 2.24. The molecule has 0 spiro atoms. The molecule has 0 saturated carbocycles. The van der Waals surface area contributed by atoms with Crippen LogP contribution in [0.5, 0.6) is 0 Å². The number of allylic oxidation sites excluding steroid dienone is 1. The van der Waals surface area contributed by atoms with Gasteiger partial charge in [-0.15, -0.1) is 18.2 Å². The summed E-state index contributed by atoms with van der Waals surface area (Å²) in [5.41, 5.74) is 0. The van der Waals surface area contributed by atoms with E-state index in [0.717, 1.165) is 57.2 Å². The molecule has 0 aromatic heterocycles. The van der Waals surface area contributed by atoms with Gasteiger partial charge in [0.05, 0.1) is 0 Å². The predicted molar refractivity (Wildman–Crippen MR) is 67.5 cm³/mol. The molecule has 1 nitrogen and oxygen atoms in total. The van der Waals surface area contributed by atoms with E-state index >= 15 is 0 Å². The van der Waals surface area contributed by atoms with Crippen LogP contribution in [0.4, 0.5) is 0 Å². The molecular formula is C13H23ClO. The van der Waals surface area contributed by atoms with Gasteiger partial charge in [0.1, 0.15) is 5.78 Å². The molecule has 0 atom stereocenters. The number of unbranched alkanes of at least 4 members (excludes halogenated alkanes) is 5. The summed E-state index contributed by atoms with van der Waals surface area (Å²) in [6, 6.07) is 0. The lowest BCUT2D eigenvalue weighted by Gasteiger charge is -2.00. The van der Waals surface area contributed by atoms with E-state index < -0.39 is 0 Å². The number of carbonyl (C=O) groups excluding carboxylic acids is 1. The molecule has 0 amide bonds. The molecule has 0 fully saturated rings. The van der Waals surface area contributed by atoms with Gasteiger partial charge >= 0.3 is 0 Å². The van der Waals surface area contributed by atoms with Crippen molar-refractivity contribution in [3.05, 3.63) is 12.7 Å². The number of carbonyl (C=O) groups is 1. The number of ketones is 1. The second kappa shape index (κ2) is 11.8. The Balaban J connectivity index is 3.15. The van der Waals surface area contributed by atoms with Crippen LogP contribution in [0.3, 0.4) is 0 Å². The highest BCUT2D eigenvalue weighted by atomic mass is 35.5. The lowest BCUT2D eigenvalue weighted by Crippen LogP contribution is -1.97. The van der Waals surface area contributed by atoms with Gasteiger partial charge in [0.25, 0.3) is 0 Å². The topological polar surface area (TPSA) is 17.1 Å². The van der Waals surface area contributed by atoms with E-state index in [-0.39, 0.29) is 0 Å². The van der Waals surface area contributed by atoms with Gasteiger partial charge in [-0.05, 0) is 32.1 Å². The first kappa shape index (κ1) is 14.7.